The molecule has 0 unspecified atom stereocenters. The van der Waals surface area contributed by atoms with Crippen LogP contribution < -0.4 is 0 Å². The minimum Gasteiger partial charge on any atom is -0.463 e. The molecule has 0 aromatic heterocycles. The Morgan fingerprint density at radius 2 is 2.06 bits per heavy atom. The molecule has 1 rings (SSSR count). The highest BCUT2D eigenvalue weighted by atomic mass is 35.5. The molecule has 6 heteroatoms. The Hall–Kier alpha value is -1.13. The van der Waals surface area contributed by atoms with Crippen molar-refractivity contribution in [2.75, 3.05) is 7.11 Å². The monoisotopic (exact) mass is 264 g/mol. The van der Waals surface area contributed by atoms with Crippen LogP contribution in [0.2, 0.25) is 5.02 Å². The number of Topliss-reactive ketones (excluding diaryl/α,β-unsaturated/α-hetero) is 1. The predicted octanol–water partition coefficient (Wildman–Crippen LogP) is 2.50. The Kier molecular flexibility index (Phi) is 4.26. The van der Waals surface area contributed by atoms with Gasteiger partial charge in [-0.1, -0.05) is 17.7 Å². The number of methoxy groups -OCH3 is 1. The zero-order valence-electron chi connectivity index (χ0n) is 8.17. The minimum absolute atomic E-state index is 0.0164. The molecule has 0 spiro atoms. The Morgan fingerprint density at radius 3 is 2.56 bits per heavy atom. The summed E-state index contributed by atoms with van der Waals surface area (Å²) in [6.07, 6.45) is 0. The second-order valence-electron chi connectivity index (χ2n) is 2.85. The zero-order chi connectivity index (χ0) is 12.3. The lowest BCUT2D eigenvalue weighted by Gasteiger charge is -2.10. The summed E-state index contributed by atoms with van der Waals surface area (Å²) in [4.78, 5) is 22.3. The molecule has 0 N–H and O–H groups in total. The van der Waals surface area contributed by atoms with Crippen LogP contribution in [0.15, 0.2) is 18.2 Å². The van der Waals surface area contributed by atoms with E-state index in [0.717, 1.165) is 13.2 Å². The fourth-order valence-corrected chi connectivity index (χ4v) is 1.73. The fourth-order valence-electron chi connectivity index (χ4n) is 1.09. The topological polar surface area (TPSA) is 43.4 Å². The van der Waals surface area contributed by atoms with Crippen LogP contribution in [0.5, 0.6) is 0 Å². The van der Waals surface area contributed by atoms with Crippen molar-refractivity contribution >= 4 is 35.0 Å². The van der Waals surface area contributed by atoms with Gasteiger partial charge in [-0.25, -0.2) is 9.18 Å². The second kappa shape index (κ2) is 5.27. The van der Waals surface area contributed by atoms with Crippen LogP contribution in [-0.2, 0) is 14.3 Å². The molecule has 0 heterocycles. The van der Waals surface area contributed by atoms with Crippen molar-refractivity contribution < 1.29 is 18.7 Å². The highest BCUT2D eigenvalue weighted by Crippen LogP contribution is 2.31. The van der Waals surface area contributed by atoms with Gasteiger partial charge in [0.05, 0.1) is 7.11 Å². The molecule has 0 aliphatic rings. The van der Waals surface area contributed by atoms with Gasteiger partial charge < -0.3 is 4.74 Å². The van der Waals surface area contributed by atoms with Gasteiger partial charge in [-0.3, -0.25) is 4.79 Å². The van der Waals surface area contributed by atoms with Gasteiger partial charge in [0.2, 0.25) is 0 Å². The summed E-state index contributed by atoms with van der Waals surface area (Å²) in [5, 5.41) is -1.50. The molecule has 16 heavy (non-hydrogen) atoms. The largest absolute Gasteiger partial charge is 0.463 e. The third-order valence-corrected chi connectivity index (χ3v) is 2.62. The van der Waals surface area contributed by atoms with Crippen LogP contribution in [-0.4, -0.2) is 18.9 Å². The molecule has 86 valence electrons. The van der Waals surface area contributed by atoms with E-state index < -0.39 is 22.9 Å². The number of hydrogen-bond donors (Lipinski definition) is 0. The van der Waals surface area contributed by atoms with E-state index in [2.05, 4.69) is 4.74 Å². The predicted molar refractivity (Wildman–Crippen MR) is 57.0 cm³/mol. The minimum atomic E-state index is -1.49. The molecule has 0 saturated carbocycles. The van der Waals surface area contributed by atoms with Gasteiger partial charge in [-0.05, 0) is 12.1 Å². The van der Waals surface area contributed by atoms with Gasteiger partial charge in [0, 0.05) is 10.6 Å². The Balaban J connectivity index is 3.10. The van der Waals surface area contributed by atoms with Crippen molar-refractivity contribution in [3.63, 3.8) is 0 Å². The SMILES string of the molecule is COC(=O)C(=O)[C@@H](Cl)c1c(F)cccc1Cl. The maximum absolute atomic E-state index is 13.4. The van der Waals surface area contributed by atoms with Crippen molar-refractivity contribution in [1.29, 1.82) is 0 Å². The number of ether oxygens (including phenoxy) is 1. The highest BCUT2D eigenvalue weighted by Gasteiger charge is 2.29. The van der Waals surface area contributed by atoms with Crippen LogP contribution in [0.1, 0.15) is 10.9 Å². The number of carbonyl (C=O) groups is 2. The van der Waals surface area contributed by atoms with Crippen LogP contribution in [0.4, 0.5) is 4.39 Å². The molecule has 0 fully saturated rings. The molecular formula is C10H7Cl2FO3. The van der Waals surface area contributed by atoms with Crippen LogP contribution in [0, 0.1) is 5.82 Å². The summed E-state index contributed by atoms with van der Waals surface area (Å²) in [6, 6.07) is 3.84. The molecule has 0 aliphatic heterocycles. The number of ketones is 1. The quantitative estimate of drug-likeness (QED) is 0.479. The zero-order valence-corrected chi connectivity index (χ0v) is 9.68. The summed E-state index contributed by atoms with van der Waals surface area (Å²) < 4.78 is 17.6. The van der Waals surface area contributed by atoms with Gasteiger partial charge in [0.25, 0.3) is 5.78 Å². The molecule has 0 bridgehead atoms. The molecule has 0 radical (unpaired) electrons. The number of rotatable bonds is 3. The van der Waals surface area contributed by atoms with Gasteiger partial charge >= 0.3 is 5.97 Å². The van der Waals surface area contributed by atoms with Crippen molar-refractivity contribution in [3.8, 4) is 0 Å². The fraction of sp³-hybridized carbons (Fsp3) is 0.200. The molecule has 3 nitrogen and oxygen atoms in total. The van der Waals surface area contributed by atoms with Gasteiger partial charge in [-0.2, -0.15) is 0 Å². The normalized spacial score (nSPS) is 12.0. The number of benzene rings is 1. The summed E-state index contributed by atoms with van der Waals surface area (Å²) in [6.45, 7) is 0. The number of hydrogen-bond acceptors (Lipinski definition) is 3. The molecule has 1 aromatic rings. The smallest absolute Gasteiger partial charge is 0.376 e. The number of halogens is 3. The van der Waals surface area contributed by atoms with E-state index in [1.165, 1.54) is 12.1 Å². The van der Waals surface area contributed by atoms with Gasteiger partial charge in [-0.15, -0.1) is 11.6 Å². The summed E-state index contributed by atoms with van der Waals surface area (Å²) in [7, 11) is 1.03. The third-order valence-electron chi connectivity index (χ3n) is 1.87. The van der Waals surface area contributed by atoms with E-state index in [9.17, 15) is 14.0 Å². The lowest BCUT2D eigenvalue weighted by molar-refractivity contribution is -0.151. The molecule has 0 aliphatic carbocycles. The van der Waals surface area contributed by atoms with Crippen LogP contribution in [0.25, 0.3) is 0 Å². The Bertz CT molecular complexity index is 414. The first-order valence-corrected chi connectivity index (χ1v) is 5.00. The summed E-state index contributed by atoms with van der Waals surface area (Å²) in [5.74, 6) is -2.94. The molecule has 0 saturated heterocycles. The maximum Gasteiger partial charge on any atom is 0.376 e. The Morgan fingerprint density at radius 1 is 1.44 bits per heavy atom. The van der Waals surface area contributed by atoms with E-state index in [1.807, 2.05) is 0 Å². The first kappa shape index (κ1) is 12.9. The third kappa shape index (κ3) is 2.51. The van der Waals surface area contributed by atoms with Crippen molar-refractivity contribution in [1.82, 2.24) is 0 Å². The molecule has 1 atom stereocenters. The number of alkyl halides is 1. The lowest BCUT2D eigenvalue weighted by Crippen LogP contribution is -2.21. The van der Waals surface area contributed by atoms with Gasteiger partial charge in [0.1, 0.15) is 11.2 Å². The number of esters is 1. The molecule has 0 amide bonds. The maximum atomic E-state index is 13.4. The standard InChI is InChI=1S/C10H7Cl2FO3/c1-16-10(15)9(14)8(12)7-5(11)3-2-4-6(7)13/h2-4,8H,1H3/t8-/m0/s1. The first-order valence-electron chi connectivity index (χ1n) is 4.19. The molecular weight excluding hydrogens is 258 g/mol. The first-order chi connectivity index (χ1) is 7.49. The summed E-state index contributed by atoms with van der Waals surface area (Å²) in [5.41, 5.74) is -0.221. The second-order valence-corrected chi connectivity index (χ2v) is 3.70. The highest BCUT2D eigenvalue weighted by molar-refractivity contribution is 6.48. The average Bonchev–Trinajstić information content (AvgIpc) is 2.26. The van der Waals surface area contributed by atoms with E-state index in [1.54, 1.807) is 0 Å². The van der Waals surface area contributed by atoms with Gasteiger partial charge in [0.15, 0.2) is 0 Å². The Labute approximate surface area is 101 Å². The van der Waals surface area contributed by atoms with Crippen molar-refractivity contribution in [3.05, 3.63) is 34.6 Å². The van der Waals surface area contributed by atoms with E-state index >= 15 is 0 Å². The average molecular weight is 265 g/mol. The number of carbonyl (C=O) groups excluding carboxylic acids is 2. The van der Waals surface area contributed by atoms with Crippen LogP contribution >= 0.6 is 23.2 Å². The van der Waals surface area contributed by atoms with E-state index in [4.69, 9.17) is 23.2 Å². The molecule has 1 aromatic carbocycles. The van der Waals surface area contributed by atoms with Crippen molar-refractivity contribution in [2.45, 2.75) is 5.38 Å². The van der Waals surface area contributed by atoms with E-state index in [-0.39, 0.29) is 10.6 Å². The van der Waals surface area contributed by atoms with Crippen LogP contribution in [0.3, 0.4) is 0 Å². The lowest BCUT2D eigenvalue weighted by atomic mass is 10.1. The van der Waals surface area contributed by atoms with E-state index in [0.29, 0.717) is 0 Å². The summed E-state index contributed by atoms with van der Waals surface area (Å²) >= 11 is 11.4. The van der Waals surface area contributed by atoms with Crippen molar-refractivity contribution in [2.24, 2.45) is 0 Å².